The number of hydrogen-bond donors (Lipinski definition) is 0. The molecule has 0 atom stereocenters. The second-order valence-corrected chi connectivity index (χ2v) is 11.0. The van der Waals surface area contributed by atoms with Gasteiger partial charge in [0.1, 0.15) is 5.71 Å². The Balaban J connectivity index is 1.75. The Bertz CT molecular complexity index is 1630. The van der Waals surface area contributed by atoms with Crippen molar-refractivity contribution in [2.75, 3.05) is 0 Å². The van der Waals surface area contributed by atoms with Gasteiger partial charge in [-0.2, -0.15) is 12.8 Å². The van der Waals surface area contributed by atoms with E-state index in [4.69, 9.17) is 11.6 Å². The van der Waals surface area contributed by atoms with Crippen LogP contribution in [0.4, 0.5) is 0 Å². The van der Waals surface area contributed by atoms with Gasteiger partial charge in [-0.15, -0.1) is 0 Å². The molecule has 0 amide bonds. The van der Waals surface area contributed by atoms with Crippen molar-refractivity contribution in [3.8, 4) is 0 Å². The van der Waals surface area contributed by atoms with Gasteiger partial charge in [0.05, 0.1) is 16.1 Å². The second kappa shape index (κ2) is 9.74. The Hall–Kier alpha value is -3.32. The van der Waals surface area contributed by atoms with Crippen LogP contribution in [0.15, 0.2) is 128 Å². The van der Waals surface area contributed by atoms with Gasteiger partial charge < -0.3 is 4.40 Å². The number of pyridine rings is 1. The zero-order valence-electron chi connectivity index (χ0n) is 18.8. The fourth-order valence-electron chi connectivity index (χ4n) is 3.94. The Labute approximate surface area is 214 Å². The van der Waals surface area contributed by atoms with Crippen molar-refractivity contribution in [2.24, 2.45) is 4.40 Å². The monoisotopic (exact) mass is 516 g/mol. The summed E-state index contributed by atoms with van der Waals surface area (Å²) in [5.74, 6) is 0. The van der Waals surface area contributed by atoms with Gasteiger partial charge >= 0.3 is 0 Å². The third-order valence-electron chi connectivity index (χ3n) is 5.59. The highest BCUT2D eigenvalue weighted by atomic mass is 35.5. The lowest BCUT2D eigenvalue weighted by molar-refractivity contribution is 0.598. The molecule has 0 fully saturated rings. The zero-order valence-corrected chi connectivity index (χ0v) is 21.2. The standard InChI is InChI=1S/C28H21ClN2O2S2/c1-20-27(31-19-9-8-14-25(31)28(20)34-23-17-15-22(29)16-18-23)26(21-10-4-2-5-11-21)30-35(32,33)24-12-6-3-7-13-24/h2-19H,1H3/b30-26-. The summed E-state index contributed by atoms with van der Waals surface area (Å²) in [5, 5.41) is 0.679. The van der Waals surface area contributed by atoms with Crippen LogP contribution < -0.4 is 0 Å². The molecule has 35 heavy (non-hydrogen) atoms. The number of fused-ring (bicyclic) bond motifs is 1. The van der Waals surface area contributed by atoms with Gasteiger partial charge in [-0.1, -0.05) is 78.0 Å². The van der Waals surface area contributed by atoms with Crippen molar-refractivity contribution in [1.29, 1.82) is 0 Å². The summed E-state index contributed by atoms with van der Waals surface area (Å²) in [6, 6.07) is 31.4. The van der Waals surface area contributed by atoms with E-state index in [1.807, 2.05) is 90.3 Å². The maximum absolute atomic E-state index is 13.4. The maximum Gasteiger partial charge on any atom is 0.282 e. The minimum atomic E-state index is -3.94. The predicted octanol–water partition coefficient (Wildman–Crippen LogP) is 7.28. The number of nitrogens with zero attached hydrogens (tertiary/aromatic N) is 2. The number of halogens is 1. The lowest BCUT2D eigenvalue weighted by Crippen LogP contribution is -2.12. The van der Waals surface area contributed by atoms with Gasteiger partial charge in [-0.3, -0.25) is 0 Å². The van der Waals surface area contributed by atoms with E-state index in [2.05, 4.69) is 4.40 Å². The van der Waals surface area contributed by atoms with Gasteiger partial charge in [-0.25, -0.2) is 0 Å². The smallest absolute Gasteiger partial charge is 0.282 e. The van der Waals surface area contributed by atoms with Gasteiger partial charge in [-0.05, 0) is 61.0 Å². The first-order valence-corrected chi connectivity index (χ1v) is 13.6. The molecule has 174 valence electrons. The molecule has 0 bridgehead atoms. The molecule has 0 radical (unpaired) electrons. The lowest BCUT2D eigenvalue weighted by Gasteiger charge is -2.10. The summed E-state index contributed by atoms with van der Waals surface area (Å²) < 4.78 is 33.1. The average molecular weight is 517 g/mol. The molecule has 2 aromatic heterocycles. The number of hydrogen-bond acceptors (Lipinski definition) is 3. The predicted molar refractivity (Wildman–Crippen MR) is 143 cm³/mol. The van der Waals surface area contributed by atoms with E-state index in [-0.39, 0.29) is 4.90 Å². The lowest BCUT2D eigenvalue weighted by atomic mass is 10.1. The van der Waals surface area contributed by atoms with Crippen LogP contribution in [0.3, 0.4) is 0 Å². The van der Waals surface area contributed by atoms with Crippen molar-refractivity contribution in [2.45, 2.75) is 21.6 Å². The minimum Gasteiger partial charge on any atom is -0.314 e. The summed E-state index contributed by atoms with van der Waals surface area (Å²) in [6.45, 7) is 2.01. The normalized spacial score (nSPS) is 12.2. The topological polar surface area (TPSA) is 50.9 Å². The van der Waals surface area contributed by atoms with Gasteiger partial charge in [0, 0.05) is 26.6 Å². The molecule has 0 aliphatic carbocycles. The Kier molecular flexibility index (Phi) is 6.52. The summed E-state index contributed by atoms with van der Waals surface area (Å²) in [5.41, 5.74) is 3.78. The first kappa shape index (κ1) is 23.4. The van der Waals surface area contributed by atoms with Crippen molar-refractivity contribution in [3.63, 3.8) is 0 Å². The van der Waals surface area contributed by atoms with Crippen LogP contribution in [-0.4, -0.2) is 18.5 Å². The number of aromatic nitrogens is 1. The maximum atomic E-state index is 13.4. The largest absolute Gasteiger partial charge is 0.314 e. The third-order valence-corrected chi connectivity index (χ3v) is 8.36. The summed E-state index contributed by atoms with van der Waals surface area (Å²) >= 11 is 7.70. The van der Waals surface area contributed by atoms with Crippen LogP contribution in [0.2, 0.25) is 5.02 Å². The van der Waals surface area contributed by atoms with E-state index in [1.165, 1.54) is 0 Å². The van der Waals surface area contributed by atoms with E-state index in [9.17, 15) is 8.42 Å². The minimum absolute atomic E-state index is 0.155. The van der Waals surface area contributed by atoms with Crippen molar-refractivity contribution < 1.29 is 8.42 Å². The van der Waals surface area contributed by atoms with E-state index < -0.39 is 10.0 Å². The first-order valence-electron chi connectivity index (χ1n) is 10.9. The number of sulfonamides is 1. The summed E-state index contributed by atoms with van der Waals surface area (Å²) in [4.78, 5) is 2.22. The van der Waals surface area contributed by atoms with Crippen LogP contribution in [-0.2, 0) is 10.0 Å². The molecule has 0 unspecified atom stereocenters. The van der Waals surface area contributed by atoms with Crippen molar-refractivity contribution >= 4 is 44.6 Å². The Morgan fingerprint density at radius 1 is 0.829 bits per heavy atom. The molecule has 7 heteroatoms. The highest BCUT2D eigenvalue weighted by Gasteiger charge is 2.24. The highest BCUT2D eigenvalue weighted by Crippen LogP contribution is 2.38. The van der Waals surface area contributed by atoms with E-state index in [0.29, 0.717) is 10.7 Å². The molecular formula is C28H21ClN2O2S2. The molecular weight excluding hydrogens is 496 g/mol. The van der Waals surface area contributed by atoms with Crippen molar-refractivity contribution in [3.05, 3.63) is 131 Å². The highest BCUT2D eigenvalue weighted by molar-refractivity contribution is 7.99. The Morgan fingerprint density at radius 2 is 1.46 bits per heavy atom. The van der Waals surface area contributed by atoms with Crippen LogP contribution in [0.25, 0.3) is 5.52 Å². The SMILES string of the molecule is Cc1c(Sc2ccc(Cl)cc2)c2ccccn2c1/C(=N\S(=O)(=O)c1ccccc1)c1ccccc1. The Morgan fingerprint density at radius 3 is 2.14 bits per heavy atom. The first-order chi connectivity index (χ1) is 16.9. The summed E-state index contributed by atoms with van der Waals surface area (Å²) in [6.07, 6.45) is 1.94. The molecule has 4 nitrogen and oxygen atoms in total. The quantitative estimate of drug-likeness (QED) is 0.223. The van der Waals surface area contributed by atoms with Crippen LogP contribution >= 0.6 is 23.4 Å². The fraction of sp³-hybridized carbons (Fsp3) is 0.0357. The van der Waals surface area contributed by atoms with Crippen LogP contribution in [0.1, 0.15) is 16.8 Å². The second-order valence-electron chi connectivity index (χ2n) is 7.91. The van der Waals surface area contributed by atoms with E-state index in [0.717, 1.165) is 32.1 Å². The van der Waals surface area contributed by atoms with Gasteiger partial charge in [0.25, 0.3) is 10.0 Å². The van der Waals surface area contributed by atoms with Gasteiger partial charge in [0.2, 0.25) is 0 Å². The number of benzene rings is 3. The van der Waals surface area contributed by atoms with Crippen LogP contribution in [0.5, 0.6) is 0 Å². The molecule has 0 spiro atoms. The fourth-order valence-corrected chi connectivity index (χ4v) is 6.13. The summed E-state index contributed by atoms with van der Waals surface area (Å²) in [7, 11) is -3.94. The molecule has 0 saturated carbocycles. The molecule has 3 aromatic carbocycles. The average Bonchev–Trinajstić information content (AvgIpc) is 3.16. The van der Waals surface area contributed by atoms with E-state index >= 15 is 0 Å². The van der Waals surface area contributed by atoms with E-state index in [1.54, 1.807) is 42.1 Å². The molecule has 0 saturated heterocycles. The molecule has 5 rings (SSSR count). The molecule has 5 aromatic rings. The molecule has 2 heterocycles. The molecule has 0 N–H and O–H groups in total. The third kappa shape index (κ3) is 4.78. The van der Waals surface area contributed by atoms with Crippen molar-refractivity contribution in [1.82, 2.24) is 4.40 Å². The molecule has 0 aliphatic heterocycles. The van der Waals surface area contributed by atoms with Gasteiger partial charge in [0.15, 0.2) is 0 Å². The molecule has 0 aliphatic rings. The zero-order chi connectivity index (χ0) is 24.4. The number of rotatable bonds is 6. The van der Waals surface area contributed by atoms with Crippen LogP contribution in [0, 0.1) is 6.92 Å².